The fourth-order valence-electron chi connectivity index (χ4n) is 1.77. The molecule has 118 valence electrons. The van der Waals surface area contributed by atoms with Crippen molar-refractivity contribution in [1.82, 2.24) is 4.90 Å². The SMILES string of the molecule is COC(CN)CC(=O)N(C)Cc1ccc(C(F)(F)F)cc1. The lowest BCUT2D eigenvalue weighted by Crippen LogP contribution is -2.33. The van der Waals surface area contributed by atoms with Crippen LogP contribution >= 0.6 is 0 Å². The summed E-state index contributed by atoms with van der Waals surface area (Å²) in [5, 5.41) is 0. The van der Waals surface area contributed by atoms with Crippen molar-refractivity contribution in [3.8, 4) is 0 Å². The Labute approximate surface area is 121 Å². The summed E-state index contributed by atoms with van der Waals surface area (Å²) < 4.78 is 42.4. The topological polar surface area (TPSA) is 55.6 Å². The van der Waals surface area contributed by atoms with Crippen LogP contribution in [0.2, 0.25) is 0 Å². The van der Waals surface area contributed by atoms with Crippen LogP contribution < -0.4 is 5.73 Å². The normalized spacial score (nSPS) is 13.0. The van der Waals surface area contributed by atoms with Crippen molar-refractivity contribution in [3.05, 3.63) is 35.4 Å². The molecule has 4 nitrogen and oxygen atoms in total. The quantitative estimate of drug-likeness (QED) is 0.875. The van der Waals surface area contributed by atoms with Crippen molar-refractivity contribution >= 4 is 5.91 Å². The Morgan fingerprint density at radius 1 is 1.33 bits per heavy atom. The molecule has 0 aliphatic heterocycles. The summed E-state index contributed by atoms with van der Waals surface area (Å²) >= 11 is 0. The number of nitrogens with zero attached hydrogens (tertiary/aromatic N) is 1. The van der Waals surface area contributed by atoms with Crippen molar-refractivity contribution in [1.29, 1.82) is 0 Å². The highest BCUT2D eigenvalue weighted by atomic mass is 19.4. The Bertz CT molecular complexity index is 456. The van der Waals surface area contributed by atoms with E-state index in [0.29, 0.717) is 5.56 Å². The number of methoxy groups -OCH3 is 1. The van der Waals surface area contributed by atoms with Gasteiger partial charge >= 0.3 is 6.18 Å². The van der Waals surface area contributed by atoms with E-state index in [1.54, 1.807) is 7.05 Å². The van der Waals surface area contributed by atoms with Crippen molar-refractivity contribution in [2.45, 2.75) is 25.2 Å². The maximum Gasteiger partial charge on any atom is 0.416 e. The lowest BCUT2D eigenvalue weighted by molar-refractivity contribution is -0.137. The van der Waals surface area contributed by atoms with E-state index >= 15 is 0 Å². The first-order valence-corrected chi connectivity index (χ1v) is 6.41. The van der Waals surface area contributed by atoms with Gasteiger partial charge in [-0.15, -0.1) is 0 Å². The molecule has 0 aliphatic rings. The maximum absolute atomic E-state index is 12.4. The van der Waals surface area contributed by atoms with Gasteiger partial charge < -0.3 is 15.4 Å². The van der Waals surface area contributed by atoms with Gasteiger partial charge in [0.15, 0.2) is 0 Å². The van der Waals surface area contributed by atoms with Crippen molar-refractivity contribution in [3.63, 3.8) is 0 Å². The molecule has 0 saturated carbocycles. The van der Waals surface area contributed by atoms with Gasteiger partial charge in [0, 0.05) is 27.2 Å². The predicted molar refractivity (Wildman–Crippen MR) is 72.4 cm³/mol. The molecule has 2 N–H and O–H groups in total. The van der Waals surface area contributed by atoms with E-state index in [4.69, 9.17) is 10.5 Å². The summed E-state index contributed by atoms with van der Waals surface area (Å²) in [6.45, 7) is 0.467. The van der Waals surface area contributed by atoms with Gasteiger partial charge in [0.1, 0.15) is 0 Å². The van der Waals surface area contributed by atoms with E-state index in [9.17, 15) is 18.0 Å². The molecule has 1 atom stereocenters. The van der Waals surface area contributed by atoms with Crippen LogP contribution in [0.15, 0.2) is 24.3 Å². The van der Waals surface area contributed by atoms with E-state index in [1.807, 2.05) is 0 Å². The zero-order valence-electron chi connectivity index (χ0n) is 12.0. The molecule has 0 radical (unpaired) electrons. The fraction of sp³-hybridized carbons (Fsp3) is 0.500. The molecule has 0 saturated heterocycles. The molecule has 0 aliphatic carbocycles. The van der Waals surface area contributed by atoms with Gasteiger partial charge in [0.2, 0.25) is 5.91 Å². The molecule has 0 heterocycles. The molecule has 21 heavy (non-hydrogen) atoms. The minimum atomic E-state index is -4.35. The van der Waals surface area contributed by atoms with E-state index in [-0.39, 0.29) is 31.5 Å². The second-order valence-electron chi connectivity index (χ2n) is 4.74. The number of carbonyl (C=O) groups is 1. The highest BCUT2D eigenvalue weighted by Gasteiger charge is 2.30. The number of amides is 1. The maximum atomic E-state index is 12.4. The van der Waals surface area contributed by atoms with Crippen LogP contribution in [0.3, 0.4) is 0 Å². The van der Waals surface area contributed by atoms with Crippen LogP contribution in [0.1, 0.15) is 17.5 Å². The summed E-state index contributed by atoms with van der Waals surface area (Å²) in [4.78, 5) is 13.3. The second kappa shape index (κ2) is 7.42. The van der Waals surface area contributed by atoms with E-state index < -0.39 is 11.7 Å². The Balaban J connectivity index is 2.62. The lowest BCUT2D eigenvalue weighted by atomic mass is 10.1. The summed E-state index contributed by atoms with van der Waals surface area (Å²) in [5.41, 5.74) is 5.36. The molecule has 0 fully saturated rings. The van der Waals surface area contributed by atoms with E-state index in [1.165, 1.54) is 24.1 Å². The minimum absolute atomic E-state index is 0.143. The van der Waals surface area contributed by atoms with Crippen LogP contribution in [0, 0.1) is 0 Å². The third-order valence-electron chi connectivity index (χ3n) is 3.13. The van der Waals surface area contributed by atoms with Gasteiger partial charge in [-0.3, -0.25) is 4.79 Å². The molecule has 1 amide bonds. The Kier molecular flexibility index (Phi) is 6.17. The molecular weight excluding hydrogens is 285 g/mol. The van der Waals surface area contributed by atoms with E-state index in [2.05, 4.69) is 0 Å². The third kappa shape index (κ3) is 5.35. The largest absolute Gasteiger partial charge is 0.416 e. The van der Waals surface area contributed by atoms with Gasteiger partial charge in [0.05, 0.1) is 18.1 Å². The number of rotatable bonds is 6. The average Bonchev–Trinajstić information content (AvgIpc) is 2.44. The Hall–Kier alpha value is -1.60. The number of nitrogens with two attached hydrogens (primary N) is 1. The second-order valence-corrected chi connectivity index (χ2v) is 4.74. The Morgan fingerprint density at radius 3 is 2.33 bits per heavy atom. The van der Waals surface area contributed by atoms with Crippen LogP contribution in [-0.2, 0) is 22.3 Å². The van der Waals surface area contributed by atoms with Crippen molar-refractivity contribution in [2.75, 3.05) is 20.7 Å². The first kappa shape index (κ1) is 17.5. The molecule has 0 bridgehead atoms. The van der Waals surface area contributed by atoms with Gasteiger partial charge in [-0.05, 0) is 17.7 Å². The number of halogens is 3. The zero-order valence-corrected chi connectivity index (χ0v) is 12.0. The van der Waals surface area contributed by atoms with E-state index in [0.717, 1.165) is 12.1 Å². The number of hydrogen-bond donors (Lipinski definition) is 1. The van der Waals surface area contributed by atoms with Gasteiger partial charge in [0.25, 0.3) is 0 Å². The van der Waals surface area contributed by atoms with Crippen LogP contribution in [0.4, 0.5) is 13.2 Å². The molecule has 1 unspecified atom stereocenters. The number of benzene rings is 1. The van der Waals surface area contributed by atoms with Gasteiger partial charge in [-0.2, -0.15) is 13.2 Å². The molecule has 7 heteroatoms. The first-order chi connectivity index (χ1) is 9.77. The third-order valence-corrected chi connectivity index (χ3v) is 3.13. The number of alkyl halides is 3. The molecule has 1 aromatic rings. The van der Waals surface area contributed by atoms with Gasteiger partial charge in [-0.25, -0.2) is 0 Å². The summed E-state index contributed by atoms with van der Waals surface area (Å²) in [5.74, 6) is -0.174. The van der Waals surface area contributed by atoms with Gasteiger partial charge in [-0.1, -0.05) is 12.1 Å². The number of hydrogen-bond acceptors (Lipinski definition) is 3. The smallest absolute Gasteiger partial charge is 0.380 e. The molecular formula is C14H19F3N2O2. The molecule has 1 aromatic carbocycles. The van der Waals surface area contributed by atoms with Crippen molar-refractivity contribution in [2.24, 2.45) is 5.73 Å². The Morgan fingerprint density at radius 2 is 1.90 bits per heavy atom. The molecule has 0 spiro atoms. The number of ether oxygens (including phenoxy) is 1. The average molecular weight is 304 g/mol. The van der Waals surface area contributed by atoms with Crippen molar-refractivity contribution < 1.29 is 22.7 Å². The summed E-state index contributed by atoms with van der Waals surface area (Å²) in [6, 6.07) is 4.74. The van der Waals surface area contributed by atoms with Crippen LogP contribution in [0.25, 0.3) is 0 Å². The molecule has 0 aromatic heterocycles. The molecule has 1 rings (SSSR count). The highest BCUT2D eigenvalue weighted by molar-refractivity contribution is 5.76. The van der Waals surface area contributed by atoms with Crippen LogP contribution in [-0.4, -0.2) is 37.6 Å². The minimum Gasteiger partial charge on any atom is -0.380 e. The number of carbonyl (C=O) groups excluding carboxylic acids is 1. The first-order valence-electron chi connectivity index (χ1n) is 6.41. The summed E-state index contributed by atoms with van der Waals surface area (Å²) in [7, 11) is 3.06. The van der Waals surface area contributed by atoms with Crippen LogP contribution in [0.5, 0.6) is 0 Å². The summed E-state index contributed by atoms with van der Waals surface area (Å²) in [6.07, 6.45) is -4.57. The monoisotopic (exact) mass is 304 g/mol. The zero-order chi connectivity index (χ0) is 16.0. The standard InChI is InChI=1S/C14H19F3N2O2/c1-19(13(20)7-12(8-18)21-2)9-10-3-5-11(6-4-10)14(15,16)17/h3-6,12H,7-9,18H2,1-2H3. The fourth-order valence-corrected chi connectivity index (χ4v) is 1.77. The highest BCUT2D eigenvalue weighted by Crippen LogP contribution is 2.29. The lowest BCUT2D eigenvalue weighted by Gasteiger charge is -2.20. The predicted octanol–water partition coefficient (Wildman–Crippen LogP) is 2.03.